The van der Waals surface area contributed by atoms with Gasteiger partial charge in [0, 0.05) is 49.3 Å². The molecule has 59 heavy (non-hydrogen) atoms. The van der Waals surface area contributed by atoms with Crippen molar-refractivity contribution in [3.05, 3.63) is 204 Å². The molecule has 2 heterocycles. The zero-order valence-corrected chi connectivity index (χ0v) is 35.6. The Morgan fingerprint density at radius 2 is 1.22 bits per heavy atom. The second kappa shape index (κ2) is 14.8. The maximum Gasteiger partial charge on any atom is 0.148 e. The minimum Gasteiger partial charge on any atom is -0.507 e. The first-order chi connectivity index (χ1) is 28.2. The molecule has 290 valence electrons. The summed E-state index contributed by atoms with van der Waals surface area (Å²) in [6, 6.07) is 62.8. The second-order valence-corrected chi connectivity index (χ2v) is 16.3. The number of imidazole rings is 1. The number of pyridine rings is 1. The van der Waals surface area contributed by atoms with Gasteiger partial charge in [-0.3, -0.25) is 9.55 Å². The molecule has 1 aliphatic carbocycles. The molecule has 0 unspecified atom stereocenters. The van der Waals surface area contributed by atoms with Crippen molar-refractivity contribution in [3.63, 3.8) is 0 Å². The number of aromatic hydroxyl groups is 1. The predicted octanol–water partition coefficient (Wildman–Crippen LogP) is 13.2. The number of phenolic OH excluding ortho intramolecular Hbond substituents is 1. The Balaban J connectivity index is 0.00000449. The minimum atomic E-state index is -0.348. The van der Waals surface area contributed by atoms with Crippen LogP contribution in [0.4, 0.5) is 0 Å². The standard InChI is InChI=1S/C54H42N3O.Pt/c1-53(2,38-20-9-6-10-21-38)39-33-36(32-37(34-39)50-49-43(30-31-55-50)42-23-11-14-26-45(42)54(49,3)4)41-25-17-28-47-51(41)56-52(44-24-13-16-29-48(44)58)57(47)46-27-15-12-22-40(46)35-18-7-5-8-19-35;/h5-31,33-34,58H,1-4H3;/q-1;. The number of fused-ring (bicyclic) bond motifs is 4. The van der Waals surface area contributed by atoms with Gasteiger partial charge in [-0.15, -0.1) is 29.3 Å². The molecule has 1 N–H and O–H groups in total. The molecule has 0 fully saturated rings. The Morgan fingerprint density at radius 3 is 1.98 bits per heavy atom. The number of para-hydroxylation sites is 3. The van der Waals surface area contributed by atoms with Crippen molar-refractivity contribution >= 4 is 11.0 Å². The van der Waals surface area contributed by atoms with Gasteiger partial charge in [0.2, 0.25) is 0 Å². The van der Waals surface area contributed by atoms with Crippen molar-refractivity contribution in [1.82, 2.24) is 14.5 Å². The van der Waals surface area contributed by atoms with E-state index in [2.05, 4.69) is 178 Å². The van der Waals surface area contributed by atoms with E-state index in [1.54, 1.807) is 6.07 Å². The second-order valence-electron chi connectivity index (χ2n) is 16.3. The van der Waals surface area contributed by atoms with Crippen LogP contribution in [0.2, 0.25) is 0 Å². The molecule has 0 saturated heterocycles. The van der Waals surface area contributed by atoms with Crippen molar-refractivity contribution in [2.75, 3.05) is 0 Å². The Bertz CT molecular complexity index is 3020. The van der Waals surface area contributed by atoms with Crippen LogP contribution in [0.3, 0.4) is 0 Å². The molecule has 4 nitrogen and oxygen atoms in total. The van der Waals surface area contributed by atoms with E-state index in [0.717, 1.165) is 55.8 Å². The molecule has 10 rings (SSSR count). The van der Waals surface area contributed by atoms with Gasteiger partial charge in [0.05, 0.1) is 22.3 Å². The van der Waals surface area contributed by atoms with Crippen LogP contribution in [0, 0.1) is 6.07 Å². The fourth-order valence-electron chi connectivity index (χ4n) is 9.08. The Hall–Kier alpha value is -6.35. The van der Waals surface area contributed by atoms with Crippen LogP contribution < -0.4 is 0 Å². The SMILES string of the molecule is CC(C)(c1ccccc1)c1cc(-c2nccc3c2C(C)(C)c2ccccc2-3)[c-]c(-c2cccc3c2nc(-c2ccccc2O)n3-c2ccccc2-c2ccccc2)c1.[Pt]. The van der Waals surface area contributed by atoms with E-state index in [1.165, 1.54) is 27.8 Å². The minimum absolute atomic E-state index is 0. The summed E-state index contributed by atoms with van der Waals surface area (Å²) in [5.41, 5.74) is 16.1. The molecule has 0 radical (unpaired) electrons. The smallest absolute Gasteiger partial charge is 0.148 e. The van der Waals surface area contributed by atoms with Crippen LogP contribution in [0.25, 0.3) is 72.7 Å². The first-order valence-electron chi connectivity index (χ1n) is 19.9. The van der Waals surface area contributed by atoms with Gasteiger partial charge in [-0.25, -0.2) is 4.98 Å². The van der Waals surface area contributed by atoms with Gasteiger partial charge in [-0.05, 0) is 63.7 Å². The van der Waals surface area contributed by atoms with E-state index in [-0.39, 0.29) is 37.6 Å². The third kappa shape index (κ3) is 6.26. The summed E-state index contributed by atoms with van der Waals surface area (Å²) in [4.78, 5) is 10.6. The summed E-state index contributed by atoms with van der Waals surface area (Å²) in [5.74, 6) is 0.831. The quantitative estimate of drug-likeness (QED) is 0.162. The van der Waals surface area contributed by atoms with Crippen molar-refractivity contribution in [2.45, 2.75) is 38.5 Å². The van der Waals surface area contributed by atoms with Gasteiger partial charge >= 0.3 is 0 Å². The molecule has 0 spiro atoms. The maximum atomic E-state index is 11.3. The van der Waals surface area contributed by atoms with Crippen molar-refractivity contribution < 1.29 is 26.2 Å². The molecule has 2 aromatic heterocycles. The van der Waals surface area contributed by atoms with Gasteiger partial charge in [0.1, 0.15) is 11.6 Å². The Labute approximate surface area is 360 Å². The third-order valence-corrected chi connectivity index (χ3v) is 12.2. The number of hydrogen-bond acceptors (Lipinski definition) is 3. The van der Waals surface area contributed by atoms with Crippen LogP contribution in [0.15, 0.2) is 176 Å². The summed E-state index contributed by atoms with van der Waals surface area (Å²) >= 11 is 0. The molecule has 5 heteroatoms. The van der Waals surface area contributed by atoms with Crippen LogP contribution in [0.5, 0.6) is 5.75 Å². The molecule has 7 aromatic carbocycles. The van der Waals surface area contributed by atoms with Gasteiger partial charge < -0.3 is 5.11 Å². The van der Waals surface area contributed by atoms with Crippen LogP contribution >= 0.6 is 0 Å². The van der Waals surface area contributed by atoms with Gasteiger partial charge in [0.25, 0.3) is 0 Å². The Morgan fingerprint density at radius 1 is 0.593 bits per heavy atom. The summed E-state index contributed by atoms with van der Waals surface area (Å²) in [6.07, 6.45) is 1.94. The van der Waals surface area contributed by atoms with Crippen LogP contribution in [-0.2, 0) is 31.9 Å². The van der Waals surface area contributed by atoms with Crippen LogP contribution in [-0.4, -0.2) is 19.6 Å². The van der Waals surface area contributed by atoms with E-state index < -0.39 is 0 Å². The van der Waals surface area contributed by atoms with E-state index in [0.29, 0.717) is 11.4 Å². The monoisotopic (exact) mass is 943 g/mol. The molecule has 0 amide bonds. The summed E-state index contributed by atoms with van der Waals surface area (Å²) in [5, 5.41) is 11.3. The van der Waals surface area contributed by atoms with E-state index >= 15 is 0 Å². The molecule has 9 aromatic rings. The van der Waals surface area contributed by atoms with E-state index in [1.807, 2.05) is 30.5 Å². The number of hydrogen-bond donors (Lipinski definition) is 1. The van der Waals surface area contributed by atoms with Gasteiger partial charge in [-0.2, -0.15) is 0 Å². The molecule has 1 aliphatic rings. The molecular weight excluding hydrogens is 902 g/mol. The van der Waals surface area contributed by atoms with Crippen molar-refractivity contribution in [3.8, 4) is 67.5 Å². The first-order valence-corrected chi connectivity index (χ1v) is 19.9. The molecule has 0 bridgehead atoms. The third-order valence-electron chi connectivity index (χ3n) is 12.2. The van der Waals surface area contributed by atoms with Crippen LogP contribution in [0.1, 0.15) is 49.9 Å². The molecule has 0 atom stereocenters. The van der Waals surface area contributed by atoms with E-state index in [4.69, 9.17) is 9.97 Å². The van der Waals surface area contributed by atoms with Crippen molar-refractivity contribution in [2.24, 2.45) is 0 Å². The fraction of sp³-hybridized carbons (Fsp3) is 0.111. The average Bonchev–Trinajstić information content (AvgIpc) is 3.76. The van der Waals surface area contributed by atoms with E-state index in [9.17, 15) is 5.11 Å². The summed E-state index contributed by atoms with van der Waals surface area (Å²) < 4.78 is 2.19. The first kappa shape index (κ1) is 38.2. The maximum absolute atomic E-state index is 11.3. The van der Waals surface area contributed by atoms with Gasteiger partial charge in [0.15, 0.2) is 0 Å². The topological polar surface area (TPSA) is 50.9 Å². The Kier molecular flexibility index (Phi) is 9.57. The summed E-state index contributed by atoms with van der Waals surface area (Å²) in [7, 11) is 0. The summed E-state index contributed by atoms with van der Waals surface area (Å²) in [6.45, 7) is 9.20. The normalized spacial score (nSPS) is 12.8. The molecule has 0 saturated carbocycles. The molecular formula is C54H42N3OPt-. The predicted molar refractivity (Wildman–Crippen MR) is 237 cm³/mol. The average molecular weight is 944 g/mol. The fourth-order valence-corrected chi connectivity index (χ4v) is 9.08. The largest absolute Gasteiger partial charge is 0.507 e. The zero-order chi connectivity index (χ0) is 39.6. The number of benzene rings is 7. The number of nitrogens with zero attached hydrogens (tertiary/aromatic N) is 3. The van der Waals surface area contributed by atoms with Crippen molar-refractivity contribution in [1.29, 1.82) is 0 Å². The molecule has 0 aliphatic heterocycles. The number of rotatable bonds is 7. The zero-order valence-electron chi connectivity index (χ0n) is 33.3. The van der Waals surface area contributed by atoms with Gasteiger partial charge in [-0.1, -0.05) is 166 Å². The number of phenols is 1. The number of aromatic nitrogens is 3.